The van der Waals surface area contributed by atoms with Gasteiger partial charge in [0.1, 0.15) is 16.9 Å². The summed E-state index contributed by atoms with van der Waals surface area (Å²) in [7, 11) is 0. The molecule has 2 aromatic rings. The van der Waals surface area contributed by atoms with Gasteiger partial charge in [0.2, 0.25) is 0 Å². The van der Waals surface area contributed by atoms with Crippen molar-refractivity contribution in [1.29, 1.82) is 5.26 Å². The molecule has 0 unspecified atom stereocenters. The normalized spacial score (nSPS) is 9.93. The van der Waals surface area contributed by atoms with Gasteiger partial charge in [-0.25, -0.2) is 0 Å². The number of rotatable bonds is 1. The van der Waals surface area contributed by atoms with Gasteiger partial charge in [-0.2, -0.15) is 5.26 Å². The molecule has 0 spiro atoms. The van der Waals surface area contributed by atoms with Crippen molar-refractivity contribution in [3.63, 3.8) is 0 Å². The molecule has 0 atom stereocenters. The van der Waals surface area contributed by atoms with E-state index in [4.69, 9.17) is 16.9 Å². The van der Waals surface area contributed by atoms with Crippen molar-refractivity contribution in [2.75, 3.05) is 0 Å². The third-order valence-corrected chi connectivity index (χ3v) is 2.53. The summed E-state index contributed by atoms with van der Waals surface area (Å²) in [6.45, 7) is 2.02. The van der Waals surface area contributed by atoms with Crippen LogP contribution in [-0.4, -0.2) is 4.57 Å². The Morgan fingerprint density at radius 3 is 2.40 bits per heavy atom. The van der Waals surface area contributed by atoms with E-state index in [1.165, 1.54) is 5.56 Å². The summed E-state index contributed by atoms with van der Waals surface area (Å²) in [5.74, 6) is 0. The first-order chi connectivity index (χ1) is 7.22. The third-order valence-electron chi connectivity index (χ3n) is 2.24. The molecular formula is C12H9ClN2. The van der Waals surface area contributed by atoms with Gasteiger partial charge in [-0.3, -0.25) is 4.57 Å². The summed E-state index contributed by atoms with van der Waals surface area (Å²) in [4.78, 5) is 0. The standard InChI is InChI=1S/C12H9ClN2/c1-9-2-4-10(5-3-9)15-11(8-14)6-7-12(15)13/h2-7H,1H3. The van der Waals surface area contributed by atoms with E-state index in [0.717, 1.165) is 5.69 Å². The quantitative estimate of drug-likeness (QED) is 0.719. The summed E-state index contributed by atoms with van der Waals surface area (Å²) in [5.41, 5.74) is 2.64. The fraction of sp³-hybridized carbons (Fsp3) is 0.0833. The molecular weight excluding hydrogens is 208 g/mol. The molecule has 3 heteroatoms. The fourth-order valence-corrected chi connectivity index (χ4v) is 1.71. The first-order valence-corrected chi connectivity index (χ1v) is 4.94. The van der Waals surface area contributed by atoms with Crippen molar-refractivity contribution in [2.24, 2.45) is 0 Å². The van der Waals surface area contributed by atoms with Gasteiger partial charge in [-0.05, 0) is 31.2 Å². The number of hydrogen-bond donors (Lipinski definition) is 0. The summed E-state index contributed by atoms with van der Waals surface area (Å²) in [6.07, 6.45) is 0. The van der Waals surface area contributed by atoms with E-state index in [-0.39, 0.29) is 0 Å². The predicted octanol–water partition coefficient (Wildman–Crippen LogP) is 3.31. The summed E-state index contributed by atoms with van der Waals surface area (Å²) in [6, 6.07) is 13.4. The van der Waals surface area contributed by atoms with Gasteiger partial charge in [0.15, 0.2) is 0 Å². The minimum absolute atomic E-state index is 0.545. The second-order valence-corrected chi connectivity index (χ2v) is 3.71. The molecule has 0 aliphatic rings. The van der Waals surface area contributed by atoms with E-state index in [2.05, 4.69) is 6.07 Å². The minimum Gasteiger partial charge on any atom is -0.292 e. The Hall–Kier alpha value is -1.72. The second-order valence-electron chi connectivity index (χ2n) is 3.32. The molecule has 0 N–H and O–H groups in total. The average Bonchev–Trinajstić information content (AvgIpc) is 2.61. The molecule has 0 amide bonds. The fourth-order valence-electron chi connectivity index (χ4n) is 1.46. The Morgan fingerprint density at radius 1 is 1.13 bits per heavy atom. The van der Waals surface area contributed by atoms with Crippen LogP contribution < -0.4 is 0 Å². The smallest absolute Gasteiger partial charge is 0.125 e. The number of hydrogen-bond acceptors (Lipinski definition) is 1. The van der Waals surface area contributed by atoms with Crippen molar-refractivity contribution < 1.29 is 0 Å². The zero-order valence-electron chi connectivity index (χ0n) is 8.24. The van der Waals surface area contributed by atoms with E-state index in [0.29, 0.717) is 10.8 Å². The van der Waals surface area contributed by atoms with E-state index < -0.39 is 0 Å². The van der Waals surface area contributed by atoms with Gasteiger partial charge in [0, 0.05) is 5.69 Å². The highest BCUT2D eigenvalue weighted by molar-refractivity contribution is 6.30. The predicted molar refractivity (Wildman–Crippen MR) is 60.2 cm³/mol. The summed E-state index contributed by atoms with van der Waals surface area (Å²) >= 11 is 6.01. The Morgan fingerprint density at radius 2 is 1.80 bits per heavy atom. The molecule has 1 aromatic carbocycles. The van der Waals surface area contributed by atoms with Gasteiger partial charge in [0.05, 0.1) is 0 Å². The SMILES string of the molecule is Cc1ccc(-n2c(Cl)ccc2C#N)cc1. The Labute approximate surface area is 93.3 Å². The summed E-state index contributed by atoms with van der Waals surface area (Å²) < 4.78 is 1.72. The second kappa shape index (κ2) is 3.80. The van der Waals surface area contributed by atoms with Crippen LogP contribution in [0.2, 0.25) is 5.15 Å². The molecule has 15 heavy (non-hydrogen) atoms. The minimum atomic E-state index is 0.545. The van der Waals surface area contributed by atoms with Crippen molar-refractivity contribution in [2.45, 2.75) is 6.92 Å². The Bertz CT molecular complexity index is 518. The van der Waals surface area contributed by atoms with Gasteiger partial charge in [-0.1, -0.05) is 29.3 Å². The number of halogens is 1. The zero-order chi connectivity index (χ0) is 10.8. The number of aryl methyl sites for hydroxylation is 1. The van der Waals surface area contributed by atoms with Gasteiger partial charge in [-0.15, -0.1) is 0 Å². The lowest BCUT2D eigenvalue weighted by Crippen LogP contribution is -1.96. The first-order valence-electron chi connectivity index (χ1n) is 4.57. The van der Waals surface area contributed by atoms with Crippen LogP contribution in [0.15, 0.2) is 36.4 Å². The molecule has 0 radical (unpaired) electrons. The maximum absolute atomic E-state index is 8.92. The molecule has 0 saturated heterocycles. The lowest BCUT2D eigenvalue weighted by Gasteiger charge is -2.06. The van der Waals surface area contributed by atoms with E-state index >= 15 is 0 Å². The highest BCUT2D eigenvalue weighted by Crippen LogP contribution is 2.20. The molecule has 2 nitrogen and oxygen atoms in total. The van der Waals surface area contributed by atoms with Crippen molar-refractivity contribution in [1.82, 2.24) is 4.57 Å². The molecule has 0 bridgehead atoms. The molecule has 0 aliphatic heterocycles. The van der Waals surface area contributed by atoms with Crippen LogP contribution in [0.4, 0.5) is 0 Å². The molecule has 0 aliphatic carbocycles. The maximum Gasteiger partial charge on any atom is 0.125 e. The van der Waals surface area contributed by atoms with E-state index in [9.17, 15) is 0 Å². The monoisotopic (exact) mass is 216 g/mol. The highest BCUT2D eigenvalue weighted by Gasteiger charge is 2.07. The maximum atomic E-state index is 8.92. The van der Waals surface area contributed by atoms with Crippen LogP contribution in [0.5, 0.6) is 0 Å². The molecule has 0 saturated carbocycles. The molecule has 2 rings (SSSR count). The van der Waals surface area contributed by atoms with Gasteiger partial charge in [0.25, 0.3) is 0 Å². The lowest BCUT2D eigenvalue weighted by atomic mass is 10.2. The Kier molecular flexibility index (Phi) is 2.49. The number of benzene rings is 1. The molecule has 1 heterocycles. The molecule has 74 valence electrons. The van der Waals surface area contributed by atoms with Gasteiger partial charge >= 0.3 is 0 Å². The highest BCUT2D eigenvalue weighted by atomic mass is 35.5. The van der Waals surface area contributed by atoms with Crippen molar-refractivity contribution >= 4 is 11.6 Å². The largest absolute Gasteiger partial charge is 0.292 e. The van der Waals surface area contributed by atoms with Crippen LogP contribution in [0.1, 0.15) is 11.3 Å². The first kappa shape index (κ1) is 9.82. The summed E-state index contributed by atoms with van der Waals surface area (Å²) in [5, 5.41) is 9.47. The topological polar surface area (TPSA) is 28.7 Å². The lowest BCUT2D eigenvalue weighted by molar-refractivity contribution is 1.05. The Balaban J connectivity index is 2.59. The van der Waals surface area contributed by atoms with Crippen LogP contribution in [-0.2, 0) is 0 Å². The zero-order valence-corrected chi connectivity index (χ0v) is 8.99. The van der Waals surface area contributed by atoms with Crippen LogP contribution in [0.3, 0.4) is 0 Å². The van der Waals surface area contributed by atoms with Crippen molar-refractivity contribution in [3.8, 4) is 11.8 Å². The molecule has 1 aromatic heterocycles. The van der Waals surface area contributed by atoms with Crippen LogP contribution >= 0.6 is 11.6 Å². The van der Waals surface area contributed by atoms with Crippen LogP contribution in [0.25, 0.3) is 5.69 Å². The van der Waals surface area contributed by atoms with Crippen molar-refractivity contribution in [3.05, 3.63) is 52.8 Å². The van der Waals surface area contributed by atoms with E-state index in [1.54, 1.807) is 16.7 Å². The molecule has 0 fully saturated rings. The average molecular weight is 217 g/mol. The third kappa shape index (κ3) is 1.74. The number of nitriles is 1. The van der Waals surface area contributed by atoms with E-state index in [1.807, 2.05) is 31.2 Å². The van der Waals surface area contributed by atoms with Crippen LogP contribution in [0, 0.1) is 18.3 Å². The number of aromatic nitrogens is 1. The van der Waals surface area contributed by atoms with Gasteiger partial charge < -0.3 is 0 Å². The number of nitrogens with zero attached hydrogens (tertiary/aromatic N) is 2.